The first-order valence-electron chi connectivity index (χ1n) is 4.72. The summed E-state index contributed by atoms with van der Waals surface area (Å²) in [5, 5.41) is 0. The minimum Gasteiger partial charge on any atom is -0.493 e. The molecule has 0 unspecified atom stereocenters. The van der Waals surface area contributed by atoms with Gasteiger partial charge >= 0.3 is 0 Å². The molecule has 0 N–H and O–H groups in total. The third-order valence-corrected chi connectivity index (χ3v) is 2.86. The van der Waals surface area contributed by atoms with E-state index in [2.05, 4.69) is 0 Å². The molecule has 0 saturated heterocycles. The number of halogens is 3. The number of benzene rings is 1. The second kappa shape index (κ2) is 5.56. The van der Waals surface area contributed by atoms with Crippen molar-refractivity contribution in [2.45, 2.75) is 20.3 Å². The molecule has 2 nitrogen and oxygen atoms in total. The van der Waals surface area contributed by atoms with Crippen molar-refractivity contribution in [1.82, 2.24) is 0 Å². The molecule has 0 aliphatic heterocycles. The number of alkyl halides is 2. The number of Topliss-reactive ketones (excluding diaryl/α,β-unsaturated/α-hetero) is 1. The van der Waals surface area contributed by atoms with Gasteiger partial charge in [0.15, 0.2) is 5.78 Å². The van der Waals surface area contributed by atoms with E-state index in [1.807, 2.05) is 22.6 Å². The zero-order valence-corrected chi connectivity index (χ0v) is 11.0. The summed E-state index contributed by atoms with van der Waals surface area (Å²) in [4.78, 5) is 11.2. The molecule has 0 bridgehead atoms. The lowest BCUT2D eigenvalue weighted by molar-refractivity contribution is 0.0998. The molecule has 0 atom stereocenters. The summed E-state index contributed by atoms with van der Waals surface area (Å²) in [7, 11) is 0. The van der Waals surface area contributed by atoms with Crippen molar-refractivity contribution in [3.8, 4) is 5.75 Å². The van der Waals surface area contributed by atoms with Crippen LogP contribution in [0.5, 0.6) is 5.75 Å². The fourth-order valence-corrected chi connectivity index (χ4v) is 1.94. The van der Waals surface area contributed by atoms with Crippen LogP contribution in [0.15, 0.2) is 12.1 Å². The quantitative estimate of drug-likeness (QED) is 0.615. The molecule has 1 aromatic carbocycles. The van der Waals surface area contributed by atoms with Gasteiger partial charge in [-0.05, 0) is 48.6 Å². The van der Waals surface area contributed by atoms with Gasteiger partial charge in [-0.2, -0.15) is 0 Å². The van der Waals surface area contributed by atoms with Crippen LogP contribution >= 0.6 is 22.6 Å². The van der Waals surface area contributed by atoms with E-state index in [0.29, 0.717) is 15.9 Å². The van der Waals surface area contributed by atoms with Gasteiger partial charge in [0.05, 0.1) is 10.2 Å². The van der Waals surface area contributed by atoms with Crippen LogP contribution in [0.4, 0.5) is 8.78 Å². The largest absolute Gasteiger partial charge is 0.493 e. The second-order valence-electron chi connectivity index (χ2n) is 3.16. The van der Waals surface area contributed by atoms with Crippen molar-refractivity contribution < 1.29 is 18.3 Å². The molecular weight excluding hydrogens is 329 g/mol. The first-order chi connectivity index (χ1) is 7.47. The summed E-state index contributed by atoms with van der Waals surface area (Å²) < 4.78 is 31.3. The molecule has 0 spiro atoms. The maximum Gasteiger partial charge on any atom is 0.264 e. The Balaban J connectivity index is 3.31. The minimum absolute atomic E-state index is 0.0582. The van der Waals surface area contributed by atoms with Crippen LogP contribution < -0.4 is 4.74 Å². The van der Waals surface area contributed by atoms with Gasteiger partial charge < -0.3 is 4.74 Å². The average molecular weight is 340 g/mol. The van der Waals surface area contributed by atoms with Crippen molar-refractivity contribution in [2.75, 3.05) is 6.61 Å². The van der Waals surface area contributed by atoms with Crippen molar-refractivity contribution in [1.29, 1.82) is 0 Å². The van der Waals surface area contributed by atoms with Crippen molar-refractivity contribution in [2.24, 2.45) is 0 Å². The highest BCUT2D eigenvalue weighted by atomic mass is 127. The Morgan fingerprint density at radius 3 is 2.56 bits per heavy atom. The number of carbonyl (C=O) groups excluding carboxylic acids is 1. The summed E-state index contributed by atoms with van der Waals surface area (Å²) in [6.45, 7) is 3.45. The first kappa shape index (κ1) is 13.3. The number of ether oxygens (including phenoxy) is 1. The summed E-state index contributed by atoms with van der Waals surface area (Å²) in [6.07, 6.45) is -2.67. The summed E-state index contributed by atoms with van der Waals surface area (Å²) >= 11 is 1.96. The zero-order valence-electron chi connectivity index (χ0n) is 8.89. The van der Waals surface area contributed by atoms with Gasteiger partial charge in [-0.1, -0.05) is 0 Å². The van der Waals surface area contributed by atoms with E-state index in [-0.39, 0.29) is 16.9 Å². The summed E-state index contributed by atoms with van der Waals surface area (Å²) in [5.41, 5.74) is -0.209. The highest BCUT2D eigenvalue weighted by Gasteiger charge is 2.19. The Morgan fingerprint density at radius 2 is 2.12 bits per heavy atom. The Kier molecular flexibility index (Phi) is 4.64. The molecule has 0 saturated carbocycles. The summed E-state index contributed by atoms with van der Waals surface area (Å²) in [6, 6.07) is 2.68. The van der Waals surface area contributed by atoms with Crippen LogP contribution in [0, 0.1) is 3.57 Å². The van der Waals surface area contributed by atoms with E-state index >= 15 is 0 Å². The lowest BCUT2D eigenvalue weighted by atomic mass is 10.0. The molecule has 5 heteroatoms. The van der Waals surface area contributed by atoms with E-state index in [0.717, 1.165) is 0 Å². The molecule has 0 radical (unpaired) electrons. The third-order valence-electron chi connectivity index (χ3n) is 2.02. The smallest absolute Gasteiger partial charge is 0.264 e. The highest BCUT2D eigenvalue weighted by Crippen LogP contribution is 2.31. The first-order valence-corrected chi connectivity index (χ1v) is 5.80. The zero-order chi connectivity index (χ0) is 12.3. The number of hydrogen-bond acceptors (Lipinski definition) is 2. The fourth-order valence-electron chi connectivity index (χ4n) is 1.32. The van der Waals surface area contributed by atoms with Crippen LogP contribution in [-0.4, -0.2) is 12.4 Å². The monoisotopic (exact) mass is 340 g/mol. The van der Waals surface area contributed by atoms with Crippen molar-refractivity contribution >= 4 is 28.4 Å². The van der Waals surface area contributed by atoms with Crippen LogP contribution in [-0.2, 0) is 0 Å². The molecule has 0 aromatic heterocycles. The molecular formula is C11H11F2IO2. The SMILES string of the molecule is CCOc1cc(C(F)F)c(C(C)=O)cc1I. The molecule has 0 amide bonds. The van der Waals surface area contributed by atoms with E-state index in [4.69, 9.17) is 4.74 Å². The Hall–Kier alpha value is -0.720. The van der Waals surface area contributed by atoms with E-state index in [1.165, 1.54) is 19.1 Å². The lowest BCUT2D eigenvalue weighted by Gasteiger charge is -2.11. The standard InChI is InChI=1S/C11H11F2IO2/c1-3-16-10-5-8(11(12)13)7(6(2)15)4-9(10)14/h4-5,11H,3H2,1-2H3. The Morgan fingerprint density at radius 1 is 1.50 bits per heavy atom. The van der Waals surface area contributed by atoms with Crippen LogP contribution in [0.25, 0.3) is 0 Å². The van der Waals surface area contributed by atoms with E-state index < -0.39 is 6.43 Å². The van der Waals surface area contributed by atoms with E-state index in [9.17, 15) is 13.6 Å². The third kappa shape index (κ3) is 2.90. The maximum atomic E-state index is 12.7. The molecule has 1 rings (SSSR count). The van der Waals surface area contributed by atoms with Gasteiger partial charge in [-0.15, -0.1) is 0 Å². The summed E-state index contributed by atoms with van der Waals surface area (Å²) in [5.74, 6) is 0.0275. The molecule has 0 aliphatic carbocycles. The molecule has 0 fully saturated rings. The number of hydrogen-bond donors (Lipinski definition) is 0. The van der Waals surface area contributed by atoms with Gasteiger partial charge in [-0.25, -0.2) is 8.78 Å². The molecule has 16 heavy (non-hydrogen) atoms. The molecule has 0 heterocycles. The Labute approximate surface area is 106 Å². The Bertz CT molecular complexity index is 405. The topological polar surface area (TPSA) is 26.3 Å². The predicted molar refractivity (Wildman–Crippen MR) is 65.3 cm³/mol. The van der Waals surface area contributed by atoms with Crippen molar-refractivity contribution in [3.05, 3.63) is 26.8 Å². The van der Waals surface area contributed by atoms with Gasteiger partial charge in [0.25, 0.3) is 6.43 Å². The molecule has 1 aromatic rings. The molecule has 88 valence electrons. The van der Waals surface area contributed by atoms with Crippen LogP contribution in [0.3, 0.4) is 0 Å². The van der Waals surface area contributed by atoms with Gasteiger partial charge in [-0.3, -0.25) is 4.79 Å². The van der Waals surface area contributed by atoms with Crippen molar-refractivity contribution in [3.63, 3.8) is 0 Å². The van der Waals surface area contributed by atoms with Gasteiger partial charge in [0.1, 0.15) is 5.75 Å². The van der Waals surface area contributed by atoms with Crippen LogP contribution in [0.2, 0.25) is 0 Å². The maximum absolute atomic E-state index is 12.7. The number of rotatable bonds is 4. The van der Waals surface area contributed by atoms with Crippen LogP contribution in [0.1, 0.15) is 36.2 Å². The van der Waals surface area contributed by atoms with Gasteiger partial charge in [0, 0.05) is 11.1 Å². The molecule has 0 aliphatic rings. The number of carbonyl (C=O) groups is 1. The second-order valence-corrected chi connectivity index (χ2v) is 4.32. The normalized spacial score (nSPS) is 10.6. The fraction of sp³-hybridized carbons (Fsp3) is 0.364. The minimum atomic E-state index is -2.67. The lowest BCUT2D eigenvalue weighted by Crippen LogP contribution is -2.03. The van der Waals surface area contributed by atoms with Gasteiger partial charge in [0.2, 0.25) is 0 Å². The number of ketones is 1. The highest BCUT2D eigenvalue weighted by molar-refractivity contribution is 14.1. The van der Waals surface area contributed by atoms with E-state index in [1.54, 1.807) is 6.92 Å². The average Bonchev–Trinajstić information content (AvgIpc) is 2.20. The predicted octanol–water partition coefficient (Wildman–Crippen LogP) is 3.83.